The molecule has 0 unspecified atom stereocenters. The lowest BCUT2D eigenvalue weighted by Crippen LogP contribution is -2.18. The molecule has 2 aromatic rings. The van der Waals surface area contributed by atoms with E-state index in [1.807, 2.05) is 0 Å². The van der Waals surface area contributed by atoms with Gasteiger partial charge in [0.15, 0.2) is 11.6 Å². The van der Waals surface area contributed by atoms with Crippen molar-refractivity contribution in [2.75, 3.05) is 11.9 Å². The van der Waals surface area contributed by atoms with Crippen molar-refractivity contribution in [3.63, 3.8) is 0 Å². The number of anilines is 1. The molecule has 1 N–H and O–H groups in total. The Hall–Kier alpha value is -2.77. The van der Waals surface area contributed by atoms with Crippen molar-refractivity contribution in [1.82, 2.24) is 0 Å². The third-order valence-electron chi connectivity index (χ3n) is 2.77. The molecule has 24 heavy (non-hydrogen) atoms. The van der Waals surface area contributed by atoms with Crippen LogP contribution in [0, 0.1) is 5.82 Å². The van der Waals surface area contributed by atoms with Gasteiger partial charge < -0.3 is 14.8 Å². The molecule has 0 saturated heterocycles. The van der Waals surface area contributed by atoms with Gasteiger partial charge in [0.05, 0.1) is 13.0 Å². The van der Waals surface area contributed by atoms with Crippen LogP contribution < -0.4 is 14.8 Å². The van der Waals surface area contributed by atoms with E-state index < -0.39 is 23.8 Å². The standard InChI is InChI=1S/C16H13F4NO3/c17-13-6-1-2-7-14(13)23-9-8-15(22)21-11-4-3-5-12(10-11)24-16(18,19)20/h1-7,10H,8-9H2,(H,21,22). The Bertz CT molecular complexity index is 704. The molecule has 0 fully saturated rings. The van der Waals surface area contributed by atoms with E-state index in [4.69, 9.17) is 4.74 Å². The third-order valence-corrected chi connectivity index (χ3v) is 2.77. The lowest BCUT2D eigenvalue weighted by Gasteiger charge is -2.11. The van der Waals surface area contributed by atoms with Crippen LogP contribution in [0.5, 0.6) is 11.5 Å². The fraction of sp³-hybridized carbons (Fsp3) is 0.188. The van der Waals surface area contributed by atoms with Crippen molar-refractivity contribution < 1.29 is 31.8 Å². The van der Waals surface area contributed by atoms with Crippen LogP contribution in [0.3, 0.4) is 0 Å². The maximum Gasteiger partial charge on any atom is 0.573 e. The average Bonchev–Trinajstić information content (AvgIpc) is 2.48. The van der Waals surface area contributed by atoms with Crippen molar-refractivity contribution >= 4 is 11.6 Å². The first kappa shape index (κ1) is 17.6. The second kappa shape index (κ2) is 7.67. The zero-order valence-corrected chi connectivity index (χ0v) is 12.3. The van der Waals surface area contributed by atoms with Crippen LogP contribution in [0.15, 0.2) is 48.5 Å². The summed E-state index contributed by atoms with van der Waals surface area (Å²) in [6.07, 6.45) is -4.91. The molecule has 0 atom stereocenters. The summed E-state index contributed by atoms with van der Waals surface area (Å²) < 4.78 is 58.6. The fourth-order valence-corrected chi connectivity index (χ4v) is 1.81. The number of rotatable bonds is 6. The molecule has 0 saturated carbocycles. The highest BCUT2D eigenvalue weighted by molar-refractivity contribution is 5.90. The zero-order valence-electron chi connectivity index (χ0n) is 12.3. The molecule has 0 bridgehead atoms. The van der Waals surface area contributed by atoms with Crippen LogP contribution in [0.25, 0.3) is 0 Å². The number of hydrogen-bond acceptors (Lipinski definition) is 3. The van der Waals surface area contributed by atoms with Crippen LogP contribution in [0.2, 0.25) is 0 Å². The van der Waals surface area contributed by atoms with Crippen molar-refractivity contribution in [3.8, 4) is 11.5 Å². The normalized spacial score (nSPS) is 11.0. The Morgan fingerprint density at radius 3 is 2.54 bits per heavy atom. The van der Waals surface area contributed by atoms with E-state index in [1.165, 1.54) is 30.3 Å². The van der Waals surface area contributed by atoms with E-state index in [-0.39, 0.29) is 24.5 Å². The van der Waals surface area contributed by atoms with Crippen LogP contribution >= 0.6 is 0 Å². The number of alkyl halides is 3. The average molecular weight is 343 g/mol. The summed E-state index contributed by atoms with van der Waals surface area (Å²) in [7, 11) is 0. The second-order valence-corrected chi connectivity index (χ2v) is 4.65. The maximum absolute atomic E-state index is 13.3. The van der Waals surface area contributed by atoms with Crippen LogP contribution in [0.1, 0.15) is 6.42 Å². The lowest BCUT2D eigenvalue weighted by molar-refractivity contribution is -0.274. The molecule has 128 valence electrons. The molecule has 0 spiro atoms. The number of para-hydroxylation sites is 1. The summed E-state index contributed by atoms with van der Waals surface area (Å²) in [4.78, 5) is 11.7. The Morgan fingerprint density at radius 1 is 1.08 bits per heavy atom. The predicted molar refractivity (Wildman–Crippen MR) is 78.3 cm³/mol. The molecule has 0 aliphatic rings. The maximum atomic E-state index is 13.3. The molecule has 0 heterocycles. The van der Waals surface area contributed by atoms with Gasteiger partial charge in [-0.15, -0.1) is 13.2 Å². The largest absolute Gasteiger partial charge is 0.573 e. The number of benzene rings is 2. The Morgan fingerprint density at radius 2 is 1.83 bits per heavy atom. The van der Waals surface area contributed by atoms with E-state index in [0.29, 0.717) is 0 Å². The van der Waals surface area contributed by atoms with E-state index in [2.05, 4.69) is 10.1 Å². The number of ether oxygens (including phenoxy) is 2. The van der Waals surface area contributed by atoms with Gasteiger partial charge in [-0.05, 0) is 24.3 Å². The van der Waals surface area contributed by atoms with Crippen molar-refractivity contribution in [2.24, 2.45) is 0 Å². The summed E-state index contributed by atoms with van der Waals surface area (Å²) in [5.41, 5.74) is 0.146. The highest BCUT2D eigenvalue weighted by atomic mass is 19.4. The van der Waals surface area contributed by atoms with E-state index in [1.54, 1.807) is 6.07 Å². The van der Waals surface area contributed by atoms with E-state index in [9.17, 15) is 22.4 Å². The summed E-state index contributed by atoms with van der Waals surface area (Å²) in [5, 5.41) is 2.41. The fourth-order valence-electron chi connectivity index (χ4n) is 1.81. The molecule has 0 aliphatic heterocycles. The second-order valence-electron chi connectivity index (χ2n) is 4.65. The van der Waals surface area contributed by atoms with Crippen LogP contribution in [0.4, 0.5) is 23.2 Å². The molecule has 4 nitrogen and oxygen atoms in total. The smallest absolute Gasteiger partial charge is 0.490 e. The molecule has 0 aliphatic carbocycles. The third kappa shape index (κ3) is 5.79. The van der Waals surface area contributed by atoms with Gasteiger partial charge in [-0.2, -0.15) is 0 Å². The topological polar surface area (TPSA) is 47.6 Å². The molecular formula is C16H13F4NO3. The summed E-state index contributed by atoms with van der Waals surface area (Å²) in [6, 6.07) is 10.6. The number of carbonyl (C=O) groups is 1. The van der Waals surface area contributed by atoms with Gasteiger partial charge in [-0.1, -0.05) is 18.2 Å². The van der Waals surface area contributed by atoms with Crippen molar-refractivity contribution in [3.05, 3.63) is 54.3 Å². The van der Waals surface area contributed by atoms with Crippen LogP contribution in [-0.4, -0.2) is 18.9 Å². The van der Waals surface area contributed by atoms with E-state index in [0.717, 1.165) is 12.1 Å². The van der Waals surface area contributed by atoms with Gasteiger partial charge >= 0.3 is 6.36 Å². The van der Waals surface area contributed by atoms with E-state index >= 15 is 0 Å². The quantitative estimate of drug-likeness (QED) is 0.802. The summed E-state index contributed by atoms with van der Waals surface area (Å²) >= 11 is 0. The zero-order chi connectivity index (χ0) is 17.6. The minimum Gasteiger partial charge on any atom is -0.490 e. The highest BCUT2D eigenvalue weighted by Gasteiger charge is 2.31. The predicted octanol–water partition coefficient (Wildman–Crippen LogP) is 4.13. The van der Waals surface area contributed by atoms with Crippen LogP contribution in [-0.2, 0) is 4.79 Å². The number of nitrogens with one attached hydrogen (secondary N) is 1. The Kier molecular flexibility index (Phi) is 5.62. The summed E-state index contributed by atoms with van der Waals surface area (Å²) in [5.74, 6) is -1.46. The Labute approximate surface area is 135 Å². The molecule has 2 rings (SSSR count). The van der Waals surface area contributed by atoms with Crippen molar-refractivity contribution in [2.45, 2.75) is 12.8 Å². The first-order valence-corrected chi connectivity index (χ1v) is 6.86. The van der Waals surface area contributed by atoms with Gasteiger partial charge in [0.1, 0.15) is 5.75 Å². The highest BCUT2D eigenvalue weighted by Crippen LogP contribution is 2.25. The monoisotopic (exact) mass is 343 g/mol. The first-order valence-electron chi connectivity index (χ1n) is 6.86. The van der Waals surface area contributed by atoms with Gasteiger partial charge in [-0.3, -0.25) is 4.79 Å². The summed E-state index contributed by atoms with van der Waals surface area (Å²) in [6.45, 7) is -0.0779. The molecule has 0 radical (unpaired) electrons. The van der Waals surface area contributed by atoms with Gasteiger partial charge in [0.25, 0.3) is 0 Å². The lowest BCUT2D eigenvalue weighted by atomic mass is 10.3. The molecule has 0 aromatic heterocycles. The SMILES string of the molecule is O=C(CCOc1ccccc1F)Nc1cccc(OC(F)(F)F)c1. The van der Waals surface area contributed by atoms with Gasteiger partial charge in [0, 0.05) is 11.8 Å². The Balaban J connectivity index is 1.84. The minimum atomic E-state index is -4.81. The van der Waals surface area contributed by atoms with Gasteiger partial charge in [0.2, 0.25) is 5.91 Å². The van der Waals surface area contributed by atoms with Crippen molar-refractivity contribution in [1.29, 1.82) is 0 Å². The molecule has 8 heteroatoms. The first-order chi connectivity index (χ1) is 11.3. The number of hydrogen-bond donors (Lipinski definition) is 1. The minimum absolute atomic E-state index is 0.0193. The number of amides is 1. The van der Waals surface area contributed by atoms with Gasteiger partial charge in [-0.25, -0.2) is 4.39 Å². The molecular weight excluding hydrogens is 330 g/mol. The number of halogens is 4. The molecule has 1 amide bonds. The number of carbonyl (C=O) groups excluding carboxylic acids is 1. The molecule has 2 aromatic carbocycles.